The summed E-state index contributed by atoms with van der Waals surface area (Å²) in [6.07, 6.45) is 1.04. The standard InChI is InChI=1S/C20H22N4S/c1-4-19-22-20(25-13-17-7-5-6-16(11-17)12-21)24(23-19)18-10-14(2)8-9-15(18)3/h5-11,19,23H,4,13H2,1-3H3. The molecule has 0 bridgehead atoms. The Morgan fingerprint density at radius 1 is 1.24 bits per heavy atom. The van der Waals surface area contributed by atoms with Gasteiger partial charge in [0.25, 0.3) is 0 Å². The van der Waals surface area contributed by atoms with E-state index in [1.165, 1.54) is 11.1 Å². The number of rotatable bonds is 4. The van der Waals surface area contributed by atoms with E-state index in [-0.39, 0.29) is 6.17 Å². The number of hydrogen-bond donors (Lipinski definition) is 1. The maximum absolute atomic E-state index is 9.06. The normalized spacial score (nSPS) is 16.6. The number of hydrogen-bond acceptors (Lipinski definition) is 5. The van der Waals surface area contributed by atoms with Crippen molar-refractivity contribution in [1.29, 1.82) is 5.26 Å². The van der Waals surface area contributed by atoms with Crippen LogP contribution >= 0.6 is 11.8 Å². The molecule has 1 unspecified atom stereocenters. The molecule has 25 heavy (non-hydrogen) atoms. The lowest BCUT2D eigenvalue weighted by molar-refractivity contribution is 0.566. The second-order valence-electron chi connectivity index (χ2n) is 6.19. The van der Waals surface area contributed by atoms with Crippen LogP contribution in [0.15, 0.2) is 47.5 Å². The van der Waals surface area contributed by atoms with Gasteiger partial charge in [0.05, 0.1) is 17.3 Å². The van der Waals surface area contributed by atoms with Crippen LogP contribution in [0, 0.1) is 25.2 Å². The Hall–Kier alpha value is -2.29. The molecule has 2 aromatic rings. The van der Waals surface area contributed by atoms with Crippen LogP contribution in [0.25, 0.3) is 0 Å². The number of amidine groups is 1. The maximum atomic E-state index is 9.06. The molecule has 128 valence electrons. The largest absolute Gasteiger partial charge is 0.252 e. The zero-order valence-corrected chi connectivity index (χ0v) is 15.6. The highest BCUT2D eigenvalue weighted by molar-refractivity contribution is 8.13. The van der Waals surface area contributed by atoms with Gasteiger partial charge in [-0.1, -0.05) is 43.0 Å². The Kier molecular flexibility index (Phi) is 5.42. The predicted molar refractivity (Wildman–Crippen MR) is 105 cm³/mol. The SMILES string of the molecule is CCC1N=C(SCc2cccc(C#N)c2)N(c2cc(C)ccc2C)N1. The van der Waals surface area contributed by atoms with Crippen molar-refractivity contribution in [2.24, 2.45) is 4.99 Å². The number of aliphatic imine (C=N–C) groups is 1. The van der Waals surface area contributed by atoms with Gasteiger partial charge in [0, 0.05) is 5.75 Å². The van der Waals surface area contributed by atoms with Crippen molar-refractivity contribution in [2.45, 2.75) is 39.1 Å². The zero-order valence-electron chi connectivity index (χ0n) is 14.8. The van der Waals surface area contributed by atoms with E-state index in [0.717, 1.165) is 28.6 Å². The molecule has 0 aromatic heterocycles. The van der Waals surface area contributed by atoms with Crippen LogP contribution in [-0.4, -0.2) is 11.3 Å². The van der Waals surface area contributed by atoms with Gasteiger partial charge in [0.15, 0.2) is 5.17 Å². The van der Waals surface area contributed by atoms with Crippen LogP contribution < -0.4 is 10.4 Å². The molecule has 0 amide bonds. The number of thioether (sulfide) groups is 1. The molecular weight excluding hydrogens is 328 g/mol. The van der Waals surface area contributed by atoms with Gasteiger partial charge >= 0.3 is 0 Å². The number of nitriles is 1. The number of hydrazine groups is 1. The highest BCUT2D eigenvalue weighted by Crippen LogP contribution is 2.28. The van der Waals surface area contributed by atoms with Gasteiger partial charge < -0.3 is 0 Å². The van der Waals surface area contributed by atoms with Crippen LogP contribution in [0.1, 0.15) is 35.6 Å². The summed E-state index contributed by atoms with van der Waals surface area (Å²) in [6.45, 7) is 6.36. The third kappa shape index (κ3) is 4.04. The van der Waals surface area contributed by atoms with Gasteiger partial charge in [0.2, 0.25) is 0 Å². The van der Waals surface area contributed by atoms with E-state index in [4.69, 9.17) is 10.3 Å². The van der Waals surface area contributed by atoms with Gasteiger partial charge in [-0.3, -0.25) is 5.01 Å². The molecule has 1 aliphatic rings. The Morgan fingerprint density at radius 3 is 2.84 bits per heavy atom. The highest BCUT2D eigenvalue weighted by Gasteiger charge is 2.26. The lowest BCUT2D eigenvalue weighted by atomic mass is 10.1. The molecule has 1 aliphatic heterocycles. The van der Waals surface area contributed by atoms with E-state index < -0.39 is 0 Å². The van der Waals surface area contributed by atoms with E-state index in [1.54, 1.807) is 11.8 Å². The smallest absolute Gasteiger partial charge is 0.180 e. The molecule has 1 heterocycles. The first-order chi connectivity index (χ1) is 12.1. The molecule has 0 spiro atoms. The van der Waals surface area contributed by atoms with Gasteiger partial charge in [-0.15, -0.1) is 0 Å². The van der Waals surface area contributed by atoms with Crippen molar-refractivity contribution in [3.63, 3.8) is 0 Å². The van der Waals surface area contributed by atoms with Crippen molar-refractivity contribution in [3.05, 3.63) is 64.7 Å². The predicted octanol–water partition coefficient (Wildman–Crippen LogP) is 4.53. The molecule has 3 rings (SSSR count). The molecular formula is C20H22N4S. The van der Waals surface area contributed by atoms with Crippen molar-refractivity contribution in [2.75, 3.05) is 5.01 Å². The van der Waals surface area contributed by atoms with Crippen molar-refractivity contribution in [3.8, 4) is 6.07 Å². The van der Waals surface area contributed by atoms with Crippen LogP contribution in [0.2, 0.25) is 0 Å². The van der Waals surface area contributed by atoms with E-state index in [9.17, 15) is 0 Å². The molecule has 0 saturated heterocycles. The van der Waals surface area contributed by atoms with E-state index in [1.807, 2.05) is 18.2 Å². The minimum absolute atomic E-state index is 0.104. The molecule has 0 radical (unpaired) electrons. The average Bonchev–Trinajstić information content (AvgIpc) is 3.05. The second-order valence-corrected chi connectivity index (χ2v) is 7.13. The van der Waals surface area contributed by atoms with Gasteiger partial charge in [-0.05, 0) is 55.2 Å². The summed E-state index contributed by atoms with van der Waals surface area (Å²) in [6, 6.07) is 16.4. The fourth-order valence-electron chi connectivity index (χ4n) is 2.72. The van der Waals surface area contributed by atoms with Crippen LogP contribution in [0.3, 0.4) is 0 Å². The summed E-state index contributed by atoms with van der Waals surface area (Å²) < 4.78 is 0. The summed E-state index contributed by atoms with van der Waals surface area (Å²) >= 11 is 1.70. The van der Waals surface area contributed by atoms with Crippen molar-refractivity contribution in [1.82, 2.24) is 5.43 Å². The first-order valence-electron chi connectivity index (χ1n) is 8.44. The summed E-state index contributed by atoms with van der Waals surface area (Å²) in [5, 5.41) is 12.1. The first kappa shape index (κ1) is 17.5. The fraction of sp³-hybridized carbons (Fsp3) is 0.300. The number of benzene rings is 2. The molecule has 4 nitrogen and oxygen atoms in total. The number of nitrogens with one attached hydrogen (secondary N) is 1. The third-order valence-electron chi connectivity index (χ3n) is 4.15. The quantitative estimate of drug-likeness (QED) is 0.880. The topological polar surface area (TPSA) is 51.4 Å². The molecule has 2 aromatic carbocycles. The molecule has 1 atom stereocenters. The Bertz CT molecular complexity index is 838. The highest BCUT2D eigenvalue weighted by atomic mass is 32.2. The molecule has 1 N–H and O–H groups in total. The summed E-state index contributed by atoms with van der Waals surface area (Å²) in [5.41, 5.74) is 8.91. The minimum atomic E-state index is 0.104. The van der Waals surface area contributed by atoms with Gasteiger partial charge in [0.1, 0.15) is 6.17 Å². The molecule has 0 saturated carbocycles. The van der Waals surface area contributed by atoms with Gasteiger partial charge in [-0.2, -0.15) is 5.26 Å². The second kappa shape index (κ2) is 7.73. The Balaban J connectivity index is 1.81. The van der Waals surface area contributed by atoms with Crippen LogP contribution in [-0.2, 0) is 5.75 Å². The Morgan fingerprint density at radius 2 is 2.08 bits per heavy atom. The van der Waals surface area contributed by atoms with Crippen molar-refractivity contribution < 1.29 is 0 Å². The maximum Gasteiger partial charge on any atom is 0.180 e. The van der Waals surface area contributed by atoms with Crippen LogP contribution in [0.4, 0.5) is 5.69 Å². The number of nitrogens with zero attached hydrogens (tertiary/aromatic N) is 3. The minimum Gasteiger partial charge on any atom is -0.252 e. The third-order valence-corrected chi connectivity index (χ3v) is 5.18. The first-order valence-corrected chi connectivity index (χ1v) is 9.42. The monoisotopic (exact) mass is 350 g/mol. The van der Waals surface area contributed by atoms with Gasteiger partial charge in [-0.25, -0.2) is 10.4 Å². The number of aryl methyl sites for hydroxylation is 2. The van der Waals surface area contributed by atoms with E-state index in [0.29, 0.717) is 5.56 Å². The summed E-state index contributed by atoms with van der Waals surface area (Å²) in [5.74, 6) is 0.786. The molecule has 0 aliphatic carbocycles. The lowest BCUT2D eigenvalue weighted by Gasteiger charge is -2.23. The van der Waals surface area contributed by atoms with Crippen molar-refractivity contribution >= 4 is 22.6 Å². The van der Waals surface area contributed by atoms with E-state index in [2.05, 4.69) is 61.5 Å². The lowest BCUT2D eigenvalue weighted by Crippen LogP contribution is -2.40. The molecule has 0 fully saturated rings. The zero-order chi connectivity index (χ0) is 17.8. The summed E-state index contributed by atoms with van der Waals surface area (Å²) in [7, 11) is 0. The van der Waals surface area contributed by atoms with E-state index >= 15 is 0 Å². The molecule has 5 heteroatoms. The summed E-state index contributed by atoms with van der Waals surface area (Å²) in [4.78, 5) is 4.82. The fourth-order valence-corrected chi connectivity index (χ4v) is 3.68. The average molecular weight is 350 g/mol. The Labute approximate surface area is 153 Å². The van der Waals surface area contributed by atoms with Crippen LogP contribution in [0.5, 0.6) is 0 Å². The number of anilines is 1.